The zero-order chi connectivity index (χ0) is 20.3. The molecule has 0 aliphatic carbocycles. The van der Waals surface area contributed by atoms with Gasteiger partial charge < -0.3 is 20.3 Å². The molecule has 0 radical (unpaired) electrons. The second kappa shape index (κ2) is 7.68. The van der Waals surface area contributed by atoms with Crippen molar-refractivity contribution in [3.05, 3.63) is 71.6 Å². The number of nitrogens with one attached hydrogen (secondary N) is 2. The summed E-state index contributed by atoms with van der Waals surface area (Å²) in [6.07, 6.45) is 0. The molecule has 7 heteroatoms. The number of hydrogen-bond acceptors (Lipinski definition) is 4. The van der Waals surface area contributed by atoms with Gasteiger partial charge in [-0.1, -0.05) is 18.2 Å². The van der Waals surface area contributed by atoms with Gasteiger partial charge in [-0.15, -0.1) is 0 Å². The lowest BCUT2D eigenvalue weighted by molar-refractivity contribution is -0.112. The lowest BCUT2D eigenvalue weighted by Crippen LogP contribution is -2.16. The van der Waals surface area contributed by atoms with Crippen molar-refractivity contribution < 1.29 is 14.7 Å². The summed E-state index contributed by atoms with van der Waals surface area (Å²) in [6, 6.07) is 17.7. The SMILES string of the molecule is C/C(O)=C(/C#N)C(=O)Nc1ccc(NC(=O)c2cc3ccccc3n2C)cc1. The molecule has 0 fully saturated rings. The Morgan fingerprint density at radius 3 is 2.21 bits per heavy atom. The highest BCUT2D eigenvalue weighted by molar-refractivity contribution is 6.08. The summed E-state index contributed by atoms with van der Waals surface area (Å²) < 4.78 is 1.83. The zero-order valence-corrected chi connectivity index (χ0v) is 15.4. The Hall–Kier alpha value is -4.05. The Balaban J connectivity index is 1.73. The van der Waals surface area contributed by atoms with Gasteiger partial charge >= 0.3 is 0 Å². The number of aliphatic hydroxyl groups is 1. The van der Waals surface area contributed by atoms with Crippen LogP contribution in [0.4, 0.5) is 11.4 Å². The number of para-hydroxylation sites is 1. The van der Waals surface area contributed by atoms with Crippen molar-refractivity contribution >= 4 is 34.1 Å². The molecule has 1 heterocycles. The van der Waals surface area contributed by atoms with Crippen LogP contribution in [0.2, 0.25) is 0 Å². The summed E-state index contributed by atoms with van der Waals surface area (Å²) in [4.78, 5) is 24.5. The van der Waals surface area contributed by atoms with Crippen LogP contribution in [0.1, 0.15) is 17.4 Å². The average molecular weight is 374 g/mol. The molecule has 1 aromatic heterocycles. The number of carbonyl (C=O) groups excluding carboxylic acids is 2. The van der Waals surface area contributed by atoms with Crippen molar-refractivity contribution in [3.8, 4) is 6.07 Å². The summed E-state index contributed by atoms with van der Waals surface area (Å²) >= 11 is 0. The number of allylic oxidation sites excluding steroid dienone is 1. The molecule has 2 amide bonds. The monoisotopic (exact) mass is 374 g/mol. The molecular weight excluding hydrogens is 356 g/mol. The van der Waals surface area contributed by atoms with E-state index in [9.17, 15) is 14.7 Å². The molecule has 3 rings (SSSR count). The van der Waals surface area contributed by atoms with Crippen LogP contribution in [0.25, 0.3) is 10.9 Å². The molecular formula is C21H18N4O3. The number of amides is 2. The van der Waals surface area contributed by atoms with Crippen molar-refractivity contribution in [1.29, 1.82) is 5.26 Å². The third kappa shape index (κ3) is 3.71. The number of anilines is 2. The van der Waals surface area contributed by atoms with Gasteiger partial charge in [-0.2, -0.15) is 5.26 Å². The molecule has 0 saturated heterocycles. The lowest BCUT2D eigenvalue weighted by atomic mass is 10.2. The average Bonchev–Trinajstić information content (AvgIpc) is 3.01. The first-order valence-electron chi connectivity index (χ1n) is 8.48. The topological polar surface area (TPSA) is 107 Å². The van der Waals surface area contributed by atoms with Crippen molar-refractivity contribution in [1.82, 2.24) is 4.57 Å². The normalized spacial score (nSPS) is 11.5. The number of rotatable bonds is 4. The Kier molecular flexibility index (Phi) is 5.14. The lowest BCUT2D eigenvalue weighted by Gasteiger charge is -2.09. The van der Waals surface area contributed by atoms with Gasteiger partial charge in [-0.25, -0.2) is 0 Å². The van der Waals surface area contributed by atoms with E-state index >= 15 is 0 Å². The van der Waals surface area contributed by atoms with E-state index in [1.807, 2.05) is 41.9 Å². The Bertz CT molecular complexity index is 1130. The molecule has 140 valence electrons. The minimum Gasteiger partial charge on any atom is -0.511 e. The first-order chi connectivity index (χ1) is 13.4. The predicted molar refractivity (Wildman–Crippen MR) is 107 cm³/mol. The summed E-state index contributed by atoms with van der Waals surface area (Å²) in [7, 11) is 1.83. The highest BCUT2D eigenvalue weighted by atomic mass is 16.3. The van der Waals surface area contributed by atoms with Gasteiger partial charge in [0.2, 0.25) is 0 Å². The van der Waals surface area contributed by atoms with Gasteiger partial charge in [0.1, 0.15) is 17.5 Å². The second-order valence-corrected chi connectivity index (χ2v) is 6.21. The first kappa shape index (κ1) is 18.7. The molecule has 28 heavy (non-hydrogen) atoms. The maximum Gasteiger partial charge on any atom is 0.272 e. The van der Waals surface area contributed by atoms with Crippen molar-refractivity contribution in [2.45, 2.75) is 6.92 Å². The molecule has 0 aliphatic heterocycles. The van der Waals surface area contributed by atoms with Gasteiger partial charge in [0.25, 0.3) is 11.8 Å². The minimum atomic E-state index is -0.699. The van der Waals surface area contributed by atoms with Crippen LogP contribution in [0, 0.1) is 11.3 Å². The molecule has 0 aliphatic rings. The number of aryl methyl sites for hydroxylation is 1. The molecule has 0 unspecified atom stereocenters. The van der Waals surface area contributed by atoms with Crippen molar-refractivity contribution in [2.75, 3.05) is 10.6 Å². The number of nitriles is 1. The Labute approximate surface area is 161 Å². The third-order valence-electron chi connectivity index (χ3n) is 4.29. The molecule has 0 bridgehead atoms. The summed E-state index contributed by atoms with van der Waals surface area (Å²) in [6.45, 7) is 1.27. The van der Waals surface area contributed by atoms with E-state index < -0.39 is 5.91 Å². The molecule has 0 spiro atoms. The Morgan fingerprint density at radius 2 is 1.64 bits per heavy atom. The fourth-order valence-electron chi connectivity index (χ4n) is 2.83. The molecule has 3 aromatic rings. The van der Waals surface area contributed by atoms with Crippen LogP contribution in [0.3, 0.4) is 0 Å². The number of hydrogen-bond donors (Lipinski definition) is 3. The maximum atomic E-state index is 12.6. The fraction of sp³-hybridized carbons (Fsp3) is 0.0952. The summed E-state index contributed by atoms with van der Waals surface area (Å²) in [5.41, 5.74) is 2.13. The van der Waals surface area contributed by atoms with Crippen molar-refractivity contribution in [2.24, 2.45) is 7.05 Å². The first-order valence-corrected chi connectivity index (χ1v) is 8.48. The molecule has 0 saturated carbocycles. The van der Waals surface area contributed by atoms with E-state index in [2.05, 4.69) is 10.6 Å². The van der Waals surface area contributed by atoms with Gasteiger partial charge in [0.05, 0.1) is 0 Å². The van der Waals surface area contributed by atoms with Crippen LogP contribution >= 0.6 is 0 Å². The van der Waals surface area contributed by atoms with Crippen LogP contribution < -0.4 is 10.6 Å². The highest BCUT2D eigenvalue weighted by Gasteiger charge is 2.14. The van der Waals surface area contributed by atoms with E-state index in [0.717, 1.165) is 10.9 Å². The van der Waals surface area contributed by atoms with E-state index in [4.69, 9.17) is 5.26 Å². The van der Waals surface area contributed by atoms with Crippen LogP contribution in [-0.2, 0) is 11.8 Å². The van der Waals surface area contributed by atoms with E-state index in [1.54, 1.807) is 30.3 Å². The van der Waals surface area contributed by atoms with E-state index in [0.29, 0.717) is 17.1 Å². The maximum absolute atomic E-state index is 12.6. The summed E-state index contributed by atoms with van der Waals surface area (Å²) in [5, 5.41) is 24.5. The standard InChI is InChI=1S/C21H18N4O3/c1-13(26)17(12-22)20(27)23-15-7-9-16(10-8-15)24-21(28)19-11-14-5-3-4-6-18(14)25(19)2/h3-11,26H,1-2H3,(H,23,27)(H,24,28)/b17-13+. The summed E-state index contributed by atoms with van der Waals surface area (Å²) in [5.74, 6) is -1.30. The fourth-order valence-corrected chi connectivity index (χ4v) is 2.83. The molecule has 0 atom stereocenters. The zero-order valence-electron chi connectivity index (χ0n) is 15.4. The van der Waals surface area contributed by atoms with Gasteiger partial charge in [-0.05, 0) is 43.3 Å². The largest absolute Gasteiger partial charge is 0.511 e. The number of fused-ring (bicyclic) bond motifs is 1. The van der Waals surface area contributed by atoms with Gasteiger partial charge in [-0.3, -0.25) is 9.59 Å². The van der Waals surface area contributed by atoms with E-state index in [-0.39, 0.29) is 17.2 Å². The molecule has 7 nitrogen and oxygen atoms in total. The smallest absolute Gasteiger partial charge is 0.272 e. The highest BCUT2D eigenvalue weighted by Crippen LogP contribution is 2.20. The molecule has 2 aromatic carbocycles. The number of aromatic nitrogens is 1. The number of benzene rings is 2. The van der Waals surface area contributed by atoms with Gasteiger partial charge in [0, 0.05) is 29.3 Å². The Morgan fingerprint density at radius 1 is 1.04 bits per heavy atom. The molecule has 3 N–H and O–H groups in total. The second-order valence-electron chi connectivity index (χ2n) is 6.21. The predicted octanol–water partition coefficient (Wildman–Crippen LogP) is 3.72. The van der Waals surface area contributed by atoms with Crippen LogP contribution in [-0.4, -0.2) is 21.5 Å². The van der Waals surface area contributed by atoms with E-state index in [1.165, 1.54) is 6.92 Å². The van der Waals surface area contributed by atoms with Crippen molar-refractivity contribution in [3.63, 3.8) is 0 Å². The third-order valence-corrected chi connectivity index (χ3v) is 4.29. The number of aliphatic hydroxyl groups excluding tert-OH is 1. The van der Waals surface area contributed by atoms with Crippen LogP contribution in [0.5, 0.6) is 0 Å². The van der Waals surface area contributed by atoms with Gasteiger partial charge in [0.15, 0.2) is 5.57 Å². The minimum absolute atomic E-state index is 0.249. The number of carbonyl (C=O) groups is 2. The number of nitrogens with zero attached hydrogens (tertiary/aromatic N) is 2. The quantitative estimate of drug-likeness (QED) is 0.367. The van der Waals surface area contributed by atoms with Crippen LogP contribution in [0.15, 0.2) is 65.9 Å².